The van der Waals surface area contributed by atoms with Crippen LogP contribution in [-0.4, -0.2) is 36.1 Å². The molecule has 1 aliphatic heterocycles. The molecule has 1 aromatic carbocycles. The van der Waals surface area contributed by atoms with E-state index in [2.05, 4.69) is 25.7 Å². The fourth-order valence-electron chi connectivity index (χ4n) is 2.59. The van der Waals surface area contributed by atoms with E-state index in [1.807, 2.05) is 0 Å². The molecule has 27 heavy (non-hydrogen) atoms. The van der Waals surface area contributed by atoms with Gasteiger partial charge < -0.3 is 20.7 Å². The number of carbonyl (C=O) groups is 2. The summed E-state index contributed by atoms with van der Waals surface area (Å²) in [4.78, 5) is 27.8. The van der Waals surface area contributed by atoms with Crippen LogP contribution in [-0.2, 0) is 4.79 Å². The molecule has 1 aliphatic rings. The Hall–Kier alpha value is -2.94. The second-order valence-corrected chi connectivity index (χ2v) is 6.12. The van der Waals surface area contributed by atoms with Crippen molar-refractivity contribution < 1.29 is 23.1 Å². The van der Waals surface area contributed by atoms with Gasteiger partial charge in [0.15, 0.2) is 0 Å². The maximum absolute atomic E-state index is 12.5. The molecule has 2 aromatic rings. The van der Waals surface area contributed by atoms with E-state index in [4.69, 9.17) is 11.6 Å². The molecule has 1 unspecified atom stereocenters. The van der Waals surface area contributed by atoms with E-state index in [0.29, 0.717) is 16.3 Å². The van der Waals surface area contributed by atoms with Gasteiger partial charge in [0.2, 0.25) is 11.8 Å². The molecule has 0 bridgehead atoms. The number of rotatable bonds is 6. The molecule has 1 fully saturated rings. The van der Waals surface area contributed by atoms with Crippen molar-refractivity contribution in [3.63, 3.8) is 0 Å². The average molecular weight is 397 g/mol. The Morgan fingerprint density at radius 3 is 2.63 bits per heavy atom. The van der Waals surface area contributed by atoms with Crippen LogP contribution in [0.25, 0.3) is 0 Å². The van der Waals surface area contributed by atoms with Gasteiger partial charge in [0.25, 0.3) is 0 Å². The van der Waals surface area contributed by atoms with Gasteiger partial charge in [0.1, 0.15) is 6.04 Å². The highest BCUT2D eigenvalue weighted by atomic mass is 35.5. The summed E-state index contributed by atoms with van der Waals surface area (Å²) in [6.45, 7) is -2.88. The number of nitrogens with one attached hydrogen (secondary N) is 3. The van der Waals surface area contributed by atoms with Gasteiger partial charge in [0.05, 0.1) is 11.7 Å². The first kappa shape index (κ1) is 18.8. The second-order valence-electron chi connectivity index (χ2n) is 5.68. The van der Waals surface area contributed by atoms with Crippen molar-refractivity contribution in [3.8, 4) is 5.88 Å². The minimum absolute atomic E-state index is 0.139. The number of pyridine rings is 1. The van der Waals surface area contributed by atoms with Crippen molar-refractivity contribution >= 4 is 23.5 Å². The van der Waals surface area contributed by atoms with Crippen LogP contribution in [0.3, 0.4) is 0 Å². The van der Waals surface area contributed by atoms with Crippen LogP contribution in [0.2, 0.25) is 5.02 Å². The van der Waals surface area contributed by atoms with Crippen molar-refractivity contribution in [1.29, 1.82) is 0 Å². The summed E-state index contributed by atoms with van der Waals surface area (Å²) in [5.74, 6) is -0.721. The second kappa shape index (κ2) is 8.17. The minimum Gasteiger partial charge on any atom is -0.417 e. The topological polar surface area (TPSA) is 92.4 Å². The highest BCUT2D eigenvalue weighted by Gasteiger charge is 2.29. The molecule has 0 saturated carbocycles. The van der Waals surface area contributed by atoms with Crippen molar-refractivity contribution in [2.75, 3.05) is 6.54 Å². The Morgan fingerprint density at radius 1 is 1.26 bits per heavy atom. The molecule has 10 heteroatoms. The van der Waals surface area contributed by atoms with Gasteiger partial charge in [-0.3, -0.25) is 4.79 Å². The predicted molar refractivity (Wildman–Crippen MR) is 92.6 cm³/mol. The van der Waals surface area contributed by atoms with Gasteiger partial charge in [-0.05, 0) is 23.8 Å². The maximum Gasteiger partial charge on any atom is 0.388 e. The molecular formula is C17H15ClF2N4O3. The smallest absolute Gasteiger partial charge is 0.388 e. The molecule has 142 valence electrons. The maximum atomic E-state index is 12.5. The summed E-state index contributed by atoms with van der Waals surface area (Å²) < 4.78 is 29.3. The Kier molecular flexibility index (Phi) is 5.70. The van der Waals surface area contributed by atoms with Crippen LogP contribution in [0.4, 0.5) is 13.6 Å². The molecule has 3 N–H and O–H groups in total. The molecule has 0 radical (unpaired) electrons. The first-order valence-electron chi connectivity index (χ1n) is 7.94. The third-order valence-electron chi connectivity index (χ3n) is 3.83. The average Bonchev–Trinajstić information content (AvgIpc) is 3.07. The molecule has 3 amide bonds. The van der Waals surface area contributed by atoms with Crippen molar-refractivity contribution in [3.05, 3.63) is 58.7 Å². The van der Waals surface area contributed by atoms with Crippen molar-refractivity contribution in [2.24, 2.45) is 0 Å². The van der Waals surface area contributed by atoms with Crippen LogP contribution in [0.15, 0.2) is 42.5 Å². The molecule has 0 aliphatic carbocycles. The number of amides is 3. The number of hydrogen-bond donors (Lipinski definition) is 3. The number of aromatic nitrogens is 1. The summed E-state index contributed by atoms with van der Waals surface area (Å²) in [5.41, 5.74) is 0.924. The lowest BCUT2D eigenvalue weighted by atomic mass is 10.0. The van der Waals surface area contributed by atoms with E-state index < -0.39 is 30.6 Å². The number of hydrogen-bond acceptors (Lipinski definition) is 4. The van der Waals surface area contributed by atoms with Crippen LogP contribution in [0.5, 0.6) is 5.88 Å². The van der Waals surface area contributed by atoms with Gasteiger partial charge in [-0.15, -0.1) is 0 Å². The summed E-state index contributed by atoms with van der Waals surface area (Å²) in [7, 11) is 0. The molecule has 1 saturated heterocycles. The van der Waals surface area contributed by atoms with Gasteiger partial charge >= 0.3 is 12.6 Å². The van der Waals surface area contributed by atoms with Crippen LogP contribution in [0, 0.1) is 0 Å². The van der Waals surface area contributed by atoms with Gasteiger partial charge in [0, 0.05) is 17.6 Å². The molecule has 3 rings (SSSR count). The zero-order valence-electron chi connectivity index (χ0n) is 13.8. The summed E-state index contributed by atoms with van der Waals surface area (Å²) in [6.07, 6.45) is 0. The standard InChI is InChI=1S/C17H15ClF2N4O3/c18-10-6-4-9(5-7-10)14(24-15(25)12-8-21-17(26)23-12)11-2-1-3-13(22-11)27-16(19)20/h1-7,12,14,16H,8H2,(H,24,25)(H2,21,23,26)/t12-,14?/m0/s1. The SMILES string of the molecule is O=C1NC[C@@H](C(=O)NC(c2ccc(Cl)cc2)c2cccc(OC(F)F)n2)N1. The Labute approximate surface area is 158 Å². The lowest BCUT2D eigenvalue weighted by Gasteiger charge is -2.21. The molecule has 1 aromatic heterocycles. The van der Waals surface area contributed by atoms with Crippen LogP contribution < -0.4 is 20.7 Å². The highest BCUT2D eigenvalue weighted by molar-refractivity contribution is 6.30. The van der Waals surface area contributed by atoms with Gasteiger partial charge in [-0.25, -0.2) is 9.78 Å². The number of nitrogens with zero attached hydrogens (tertiary/aromatic N) is 1. The summed E-state index contributed by atoms with van der Waals surface area (Å²) in [6, 6.07) is 9.03. The minimum atomic E-state index is -3.02. The van der Waals surface area contributed by atoms with Crippen LogP contribution >= 0.6 is 11.6 Å². The molecule has 2 atom stereocenters. The first-order valence-corrected chi connectivity index (χ1v) is 8.32. The fraction of sp³-hybridized carbons (Fsp3) is 0.235. The van der Waals surface area contributed by atoms with Crippen molar-refractivity contribution in [1.82, 2.24) is 20.9 Å². The largest absolute Gasteiger partial charge is 0.417 e. The van der Waals surface area contributed by atoms with E-state index in [1.54, 1.807) is 30.3 Å². The lowest BCUT2D eigenvalue weighted by molar-refractivity contribution is -0.123. The van der Waals surface area contributed by atoms with E-state index in [9.17, 15) is 18.4 Å². The fourth-order valence-corrected chi connectivity index (χ4v) is 2.71. The summed E-state index contributed by atoms with van der Waals surface area (Å²) in [5, 5.41) is 8.24. The molecule has 7 nitrogen and oxygen atoms in total. The Morgan fingerprint density at radius 2 is 2.00 bits per heavy atom. The quantitative estimate of drug-likeness (QED) is 0.698. The van der Waals surface area contributed by atoms with Gasteiger partial charge in [-0.1, -0.05) is 29.8 Å². The highest BCUT2D eigenvalue weighted by Crippen LogP contribution is 2.24. The van der Waals surface area contributed by atoms with E-state index in [1.165, 1.54) is 12.1 Å². The summed E-state index contributed by atoms with van der Waals surface area (Å²) >= 11 is 5.91. The van der Waals surface area contributed by atoms with E-state index >= 15 is 0 Å². The Balaban J connectivity index is 1.89. The number of carbonyl (C=O) groups excluding carboxylic acids is 2. The van der Waals surface area contributed by atoms with Crippen LogP contribution in [0.1, 0.15) is 17.3 Å². The van der Waals surface area contributed by atoms with Gasteiger partial charge in [-0.2, -0.15) is 8.78 Å². The zero-order valence-corrected chi connectivity index (χ0v) is 14.5. The molecule has 2 heterocycles. The lowest BCUT2D eigenvalue weighted by Crippen LogP contribution is -2.44. The number of benzene rings is 1. The molecule has 0 spiro atoms. The third kappa shape index (κ3) is 4.82. The number of alkyl halides is 2. The monoisotopic (exact) mass is 396 g/mol. The number of ether oxygens (including phenoxy) is 1. The zero-order chi connectivity index (χ0) is 19.4. The van der Waals surface area contributed by atoms with E-state index in [-0.39, 0.29) is 12.4 Å². The number of urea groups is 1. The first-order chi connectivity index (χ1) is 12.9. The number of halogens is 3. The predicted octanol–water partition coefficient (Wildman–Crippen LogP) is 2.22. The third-order valence-corrected chi connectivity index (χ3v) is 4.08. The normalized spacial score (nSPS) is 17.2. The van der Waals surface area contributed by atoms with E-state index in [0.717, 1.165) is 0 Å². The molecular weight excluding hydrogens is 382 g/mol. The van der Waals surface area contributed by atoms with Crippen molar-refractivity contribution in [2.45, 2.75) is 18.7 Å². The Bertz CT molecular complexity index is 835.